The van der Waals surface area contributed by atoms with Gasteiger partial charge in [0.25, 0.3) is 0 Å². The second kappa shape index (κ2) is 5.40. The fourth-order valence-corrected chi connectivity index (χ4v) is 3.06. The number of rotatable bonds is 3. The molecule has 0 bridgehead atoms. The molecule has 0 spiro atoms. The second-order valence-electron chi connectivity index (χ2n) is 3.89. The summed E-state index contributed by atoms with van der Waals surface area (Å²) in [5, 5.41) is 2.95. The summed E-state index contributed by atoms with van der Waals surface area (Å²) in [4.78, 5) is 0. The lowest BCUT2D eigenvalue weighted by atomic mass is 10.3. The molecule has 1 aromatic rings. The molecule has 0 unspecified atom stereocenters. The highest BCUT2D eigenvalue weighted by Crippen LogP contribution is 2.20. The maximum Gasteiger partial charge on any atom is 0.301 e. The van der Waals surface area contributed by atoms with Crippen LogP contribution in [0.1, 0.15) is 0 Å². The summed E-state index contributed by atoms with van der Waals surface area (Å²) in [5.41, 5.74) is 0.250. The van der Waals surface area contributed by atoms with Crippen molar-refractivity contribution in [3.63, 3.8) is 0 Å². The maximum atomic E-state index is 13.0. The summed E-state index contributed by atoms with van der Waals surface area (Å²) in [6, 6.07) is 3.70. The molecule has 1 saturated heterocycles. The molecule has 1 aliphatic heterocycles. The molecule has 0 atom stereocenters. The fourth-order valence-electron chi connectivity index (χ4n) is 1.66. The number of hydrogen-bond acceptors (Lipinski definition) is 3. The topological polar surface area (TPSA) is 61.4 Å². The normalized spacial score (nSPS) is 17.7. The smallest absolute Gasteiger partial charge is 0.301 e. The molecular weight excluding hydrogens is 281 g/mol. The lowest BCUT2D eigenvalue weighted by molar-refractivity contribution is 0.362. The Morgan fingerprint density at radius 1 is 1.33 bits per heavy atom. The molecule has 5 nitrogen and oxygen atoms in total. The standard InChI is InChI=1S/C10H13ClFN3O2S/c11-9-7-8(1-2-10(9)12)14-18(16,17)15-5-3-13-4-6-15/h1-2,7,13-14H,3-6H2. The van der Waals surface area contributed by atoms with Crippen molar-refractivity contribution >= 4 is 27.5 Å². The first kappa shape index (κ1) is 13.5. The van der Waals surface area contributed by atoms with Crippen molar-refractivity contribution in [2.75, 3.05) is 30.9 Å². The van der Waals surface area contributed by atoms with E-state index in [1.807, 2.05) is 0 Å². The lowest BCUT2D eigenvalue weighted by Crippen LogP contribution is -2.48. The van der Waals surface area contributed by atoms with Crippen molar-refractivity contribution in [3.8, 4) is 0 Å². The van der Waals surface area contributed by atoms with Crippen LogP contribution in [0.25, 0.3) is 0 Å². The molecule has 1 heterocycles. The van der Waals surface area contributed by atoms with Crippen molar-refractivity contribution < 1.29 is 12.8 Å². The molecule has 8 heteroatoms. The minimum absolute atomic E-state index is 0.115. The Morgan fingerprint density at radius 2 is 2.00 bits per heavy atom. The largest absolute Gasteiger partial charge is 0.314 e. The van der Waals surface area contributed by atoms with Gasteiger partial charge in [0.15, 0.2) is 0 Å². The zero-order chi connectivity index (χ0) is 13.2. The van der Waals surface area contributed by atoms with Gasteiger partial charge in [-0.15, -0.1) is 0 Å². The summed E-state index contributed by atoms with van der Waals surface area (Å²) in [6.07, 6.45) is 0. The van der Waals surface area contributed by atoms with Gasteiger partial charge in [0.2, 0.25) is 0 Å². The number of halogens is 2. The molecule has 1 aromatic carbocycles. The average Bonchev–Trinajstić information content (AvgIpc) is 2.35. The molecule has 0 saturated carbocycles. The average molecular weight is 294 g/mol. The van der Waals surface area contributed by atoms with Gasteiger partial charge in [-0.25, -0.2) is 4.39 Å². The number of nitrogens with one attached hydrogen (secondary N) is 2. The molecule has 100 valence electrons. The second-order valence-corrected chi connectivity index (χ2v) is 5.96. The third kappa shape index (κ3) is 3.11. The van der Waals surface area contributed by atoms with E-state index in [0.717, 1.165) is 6.07 Å². The van der Waals surface area contributed by atoms with E-state index in [9.17, 15) is 12.8 Å². The first-order valence-corrected chi connectivity index (χ1v) is 7.24. The van der Waals surface area contributed by atoms with Crippen molar-refractivity contribution in [2.45, 2.75) is 0 Å². The monoisotopic (exact) mass is 293 g/mol. The number of piperazine rings is 1. The van der Waals surface area contributed by atoms with E-state index in [-0.39, 0.29) is 10.7 Å². The minimum Gasteiger partial charge on any atom is -0.314 e. The van der Waals surface area contributed by atoms with Gasteiger partial charge >= 0.3 is 10.2 Å². The summed E-state index contributed by atoms with van der Waals surface area (Å²) >= 11 is 5.60. The van der Waals surface area contributed by atoms with Gasteiger partial charge in [-0.3, -0.25) is 4.72 Å². The predicted molar refractivity (Wildman–Crippen MR) is 68.4 cm³/mol. The van der Waals surface area contributed by atoms with E-state index < -0.39 is 16.0 Å². The van der Waals surface area contributed by atoms with Crippen LogP contribution in [0.3, 0.4) is 0 Å². The number of benzene rings is 1. The summed E-state index contributed by atoms with van der Waals surface area (Å²) in [5.74, 6) is -0.582. The van der Waals surface area contributed by atoms with Gasteiger partial charge in [0.1, 0.15) is 5.82 Å². The number of anilines is 1. The van der Waals surface area contributed by atoms with Crippen LogP contribution in [-0.2, 0) is 10.2 Å². The van der Waals surface area contributed by atoms with Crippen LogP contribution in [0, 0.1) is 5.82 Å². The van der Waals surface area contributed by atoms with E-state index in [1.54, 1.807) is 0 Å². The van der Waals surface area contributed by atoms with Crippen LogP contribution in [0.2, 0.25) is 5.02 Å². The molecule has 1 aliphatic rings. The van der Waals surface area contributed by atoms with Gasteiger partial charge in [-0.1, -0.05) is 11.6 Å². The van der Waals surface area contributed by atoms with Gasteiger partial charge in [0.05, 0.1) is 10.7 Å². The van der Waals surface area contributed by atoms with Crippen LogP contribution in [0.4, 0.5) is 10.1 Å². The molecule has 0 amide bonds. The molecule has 2 N–H and O–H groups in total. The summed E-state index contributed by atoms with van der Waals surface area (Å²) < 4.78 is 40.7. The molecule has 1 fully saturated rings. The first-order chi connectivity index (χ1) is 8.49. The highest BCUT2D eigenvalue weighted by atomic mass is 35.5. The molecule has 0 aromatic heterocycles. The molecule has 2 rings (SSSR count). The fraction of sp³-hybridized carbons (Fsp3) is 0.400. The first-order valence-electron chi connectivity index (χ1n) is 5.43. The van der Waals surface area contributed by atoms with E-state index in [4.69, 9.17) is 11.6 Å². The third-order valence-corrected chi connectivity index (χ3v) is 4.41. The SMILES string of the molecule is O=S(=O)(Nc1ccc(F)c(Cl)c1)N1CCNCC1. The van der Waals surface area contributed by atoms with Crippen LogP contribution in [0.15, 0.2) is 18.2 Å². The van der Waals surface area contributed by atoms with E-state index >= 15 is 0 Å². The van der Waals surface area contributed by atoms with Crippen LogP contribution in [-0.4, -0.2) is 38.9 Å². The van der Waals surface area contributed by atoms with Gasteiger partial charge < -0.3 is 5.32 Å². The van der Waals surface area contributed by atoms with Crippen molar-refractivity contribution in [3.05, 3.63) is 29.0 Å². The summed E-state index contributed by atoms with van der Waals surface area (Å²) in [7, 11) is -3.60. The van der Waals surface area contributed by atoms with Gasteiger partial charge in [0, 0.05) is 26.2 Å². The molecule has 18 heavy (non-hydrogen) atoms. The van der Waals surface area contributed by atoms with Crippen LogP contribution >= 0.6 is 11.6 Å². The highest BCUT2D eigenvalue weighted by Gasteiger charge is 2.23. The van der Waals surface area contributed by atoms with Crippen molar-refractivity contribution in [1.29, 1.82) is 0 Å². The Hall–Kier alpha value is -0.890. The van der Waals surface area contributed by atoms with Crippen LogP contribution in [0.5, 0.6) is 0 Å². The Balaban J connectivity index is 2.13. The maximum absolute atomic E-state index is 13.0. The lowest BCUT2D eigenvalue weighted by Gasteiger charge is -2.26. The molecule has 0 radical (unpaired) electrons. The number of nitrogens with zero attached hydrogens (tertiary/aromatic N) is 1. The highest BCUT2D eigenvalue weighted by molar-refractivity contribution is 7.90. The Kier molecular flexibility index (Phi) is 4.06. The minimum atomic E-state index is -3.60. The zero-order valence-corrected chi connectivity index (χ0v) is 11.1. The Bertz CT molecular complexity index is 532. The molecule has 0 aliphatic carbocycles. The zero-order valence-electron chi connectivity index (χ0n) is 9.49. The van der Waals surface area contributed by atoms with E-state index in [1.165, 1.54) is 16.4 Å². The van der Waals surface area contributed by atoms with E-state index in [0.29, 0.717) is 26.2 Å². The van der Waals surface area contributed by atoms with Crippen molar-refractivity contribution in [2.24, 2.45) is 0 Å². The van der Waals surface area contributed by atoms with E-state index in [2.05, 4.69) is 10.0 Å². The predicted octanol–water partition coefficient (Wildman–Crippen LogP) is 1.04. The number of hydrogen-bond donors (Lipinski definition) is 2. The summed E-state index contributed by atoms with van der Waals surface area (Å²) in [6.45, 7) is 2.05. The van der Waals surface area contributed by atoms with Gasteiger partial charge in [-0.05, 0) is 18.2 Å². The Labute approximate surface area is 110 Å². The van der Waals surface area contributed by atoms with Gasteiger partial charge in [-0.2, -0.15) is 12.7 Å². The third-order valence-electron chi connectivity index (χ3n) is 2.58. The van der Waals surface area contributed by atoms with Crippen molar-refractivity contribution in [1.82, 2.24) is 9.62 Å². The quantitative estimate of drug-likeness (QED) is 0.875. The van der Waals surface area contributed by atoms with Crippen LogP contribution < -0.4 is 10.0 Å². The Morgan fingerprint density at radius 3 is 2.61 bits per heavy atom. The molecular formula is C10H13ClFN3O2S.